The summed E-state index contributed by atoms with van der Waals surface area (Å²) >= 11 is 0. The Morgan fingerprint density at radius 2 is 1.91 bits per heavy atom. The van der Waals surface area contributed by atoms with E-state index in [1.165, 1.54) is 10.9 Å². The number of carboxylic acid groups (broad SMARTS) is 1. The number of fused-ring (bicyclic) bond motifs is 1. The fourth-order valence-electron chi connectivity index (χ4n) is 6.37. The lowest BCUT2D eigenvalue weighted by Crippen LogP contribution is -2.51. The second kappa shape index (κ2) is 11.9. The van der Waals surface area contributed by atoms with Gasteiger partial charge in [-0.25, -0.2) is 28.4 Å². The molecule has 0 spiro atoms. The summed E-state index contributed by atoms with van der Waals surface area (Å²) in [7, 11) is 1.96. The second-order valence-electron chi connectivity index (χ2n) is 13.0. The van der Waals surface area contributed by atoms with Gasteiger partial charge in [-0.05, 0) is 66.5 Å². The summed E-state index contributed by atoms with van der Waals surface area (Å²) in [6.07, 6.45) is 10.0. The molecule has 46 heavy (non-hydrogen) atoms. The number of pyridine rings is 3. The number of carbonyl (C=O) groups is 1. The van der Waals surface area contributed by atoms with Crippen LogP contribution in [-0.2, 0) is 0 Å². The van der Waals surface area contributed by atoms with Crippen molar-refractivity contribution < 1.29 is 14.3 Å². The number of piperidine rings is 1. The van der Waals surface area contributed by atoms with Crippen LogP contribution in [0, 0.1) is 22.6 Å². The van der Waals surface area contributed by atoms with Crippen molar-refractivity contribution in [2.75, 3.05) is 18.5 Å². The molecule has 6 heterocycles. The highest BCUT2D eigenvalue weighted by atomic mass is 19.1. The summed E-state index contributed by atoms with van der Waals surface area (Å²) in [5.74, 6) is 0.985. The number of halogens is 1. The van der Waals surface area contributed by atoms with Crippen molar-refractivity contribution in [1.29, 1.82) is 5.26 Å². The maximum atomic E-state index is 13.4. The first-order chi connectivity index (χ1) is 21.9. The second-order valence-corrected chi connectivity index (χ2v) is 13.0. The maximum absolute atomic E-state index is 13.4. The molecular formula is C34H36FN9O2. The van der Waals surface area contributed by atoms with Crippen molar-refractivity contribution in [3.05, 3.63) is 90.0 Å². The van der Waals surface area contributed by atoms with Crippen LogP contribution in [0.4, 0.5) is 15.0 Å². The Kier molecular flexibility index (Phi) is 7.94. The van der Waals surface area contributed by atoms with E-state index in [2.05, 4.69) is 55.0 Å². The lowest BCUT2D eigenvalue weighted by molar-refractivity contribution is 0.0525. The predicted molar refractivity (Wildman–Crippen MR) is 171 cm³/mol. The largest absolute Gasteiger partial charge is 0.465 e. The minimum absolute atomic E-state index is 0.0586. The van der Waals surface area contributed by atoms with Gasteiger partial charge in [-0.3, -0.25) is 0 Å². The Morgan fingerprint density at radius 1 is 1.11 bits per heavy atom. The molecule has 11 nitrogen and oxygen atoms in total. The summed E-state index contributed by atoms with van der Waals surface area (Å²) in [4.78, 5) is 24.9. The van der Waals surface area contributed by atoms with Crippen molar-refractivity contribution in [3.8, 4) is 23.0 Å². The number of nitrogens with zero attached hydrogens (tertiary/aromatic N) is 9. The molecule has 5 aromatic heterocycles. The Morgan fingerprint density at radius 3 is 2.52 bits per heavy atom. The third kappa shape index (κ3) is 5.76. The van der Waals surface area contributed by atoms with E-state index in [0.29, 0.717) is 36.3 Å². The first-order valence-electron chi connectivity index (χ1n) is 15.2. The molecule has 5 aromatic rings. The van der Waals surface area contributed by atoms with E-state index in [0.717, 1.165) is 34.3 Å². The minimum atomic E-state index is -0.884. The van der Waals surface area contributed by atoms with E-state index in [1.807, 2.05) is 42.5 Å². The van der Waals surface area contributed by atoms with E-state index in [9.17, 15) is 19.6 Å². The predicted octanol–water partition coefficient (Wildman–Crippen LogP) is 6.46. The Labute approximate surface area is 266 Å². The van der Waals surface area contributed by atoms with Gasteiger partial charge in [-0.2, -0.15) is 15.5 Å². The van der Waals surface area contributed by atoms with E-state index < -0.39 is 11.9 Å². The molecule has 3 unspecified atom stereocenters. The van der Waals surface area contributed by atoms with Gasteiger partial charge in [-0.1, -0.05) is 26.8 Å². The average molecular weight is 622 g/mol. The lowest BCUT2D eigenvalue weighted by atomic mass is 9.75. The SMILES string of the molecule is CC(c1ccc(-n2cc(F)cn2)nc1)N(C)c1ccc(-c2cc(C3CCN(C(=O)O)C(C(C)(C)C)C3)cn3ncc(C#N)c23)cn1. The molecule has 0 saturated carbocycles. The molecule has 6 rings (SSSR count). The van der Waals surface area contributed by atoms with Crippen LogP contribution in [0.25, 0.3) is 22.5 Å². The molecule has 236 valence electrons. The van der Waals surface area contributed by atoms with Crippen LogP contribution >= 0.6 is 0 Å². The molecule has 0 aliphatic carbocycles. The third-order valence-corrected chi connectivity index (χ3v) is 9.11. The molecule has 1 amide bonds. The number of amides is 1. The molecule has 3 atom stereocenters. The van der Waals surface area contributed by atoms with Crippen LogP contribution in [-0.4, -0.2) is 65.1 Å². The van der Waals surface area contributed by atoms with Gasteiger partial charge in [0.25, 0.3) is 0 Å². The van der Waals surface area contributed by atoms with Crippen LogP contribution in [0.1, 0.15) is 69.2 Å². The molecule has 0 aromatic carbocycles. The van der Waals surface area contributed by atoms with Crippen LogP contribution in [0.2, 0.25) is 0 Å². The number of aromatic nitrogens is 6. The molecule has 0 bridgehead atoms. The summed E-state index contributed by atoms with van der Waals surface area (Å²) in [6, 6.07) is 11.9. The van der Waals surface area contributed by atoms with E-state index in [1.54, 1.807) is 27.9 Å². The molecule has 1 fully saturated rings. The highest BCUT2D eigenvalue weighted by Crippen LogP contribution is 2.41. The van der Waals surface area contributed by atoms with Crippen LogP contribution in [0.5, 0.6) is 0 Å². The van der Waals surface area contributed by atoms with Crippen molar-refractivity contribution in [2.45, 2.75) is 58.5 Å². The Bertz CT molecular complexity index is 1920. The minimum Gasteiger partial charge on any atom is -0.465 e. The van der Waals surface area contributed by atoms with Gasteiger partial charge in [0.1, 0.15) is 11.9 Å². The molecule has 1 aliphatic heterocycles. The summed E-state index contributed by atoms with van der Waals surface area (Å²) in [6.45, 7) is 8.75. The maximum Gasteiger partial charge on any atom is 0.407 e. The fraction of sp³-hybridized carbons (Fsp3) is 0.353. The smallest absolute Gasteiger partial charge is 0.407 e. The van der Waals surface area contributed by atoms with Crippen molar-refractivity contribution in [2.24, 2.45) is 5.41 Å². The van der Waals surface area contributed by atoms with Gasteiger partial charge in [-0.15, -0.1) is 0 Å². The van der Waals surface area contributed by atoms with E-state index >= 15 is 0 Å². The topological polar surface area (TPSA) is 128 Å². The molecule has 1 N–H and O–H groups in total. The highest BCUT2D eigenvalue weighted by molar-refractivity contribution is 5.85. The van der Waals surface area contributed by atoms with Crippen LogP contribution in [0.15, 0.2) is 67.5 Å². The standard InChI is InChI=1S/C34H36FN9O2/c1-21(23-6-9-31(38-15-23)43-20-27(35)18-40-43)41(5)30-8-7-24(16-37-30)28-12-25(19-44-32(28)26(14-36)17-39-44)22-10-11-42(33(45)46)29(13-22)34(2,3)4/h6-9,12,15-22,29H,10-11,13H2,1-5H3,(H,45,46). The number of anilines is 1. The number of nitriles is 1. The Balaban J connectivity index is 1.28. The number of rotatable bonds is 6. The van der Waals surface area contributed by atoms with Gasteiger partial charge in [0, 0.05) is 49.4 Å². The van der Waals surface area contributed by atoms with Crippen molar-refractivity contribution in [1.82, 2.24) is 34.3 Å². The zero-order chi connectivity index (χ0) is 32.7. The van der Waals surface area contributed by atoms with Gasteiger partial charge < -0.3 is 14.9 Å². The van der Waals surface area contributed by atoms with Gasteiger partial charge in [0.15, 0.2) is 11.6 Å². The highest BCUT2D eigenvalue weighted by Gasteiger charge is 2.39. The fourth-order valence-corrected chi connectivity index (χ4v) is 6.37. The van der Waals surface area contributed by atoms with Gasteiger partial charge >= 0.3 is 6.09 Å². The van der Waals surface area contributed by atoms with Crippen LogP contribution < -0.4 is 4.90 Å². The molecular weight excluding hydrogens is 585 g/mol. The quantitative estimate of drug-likeness (QED) is 0.229. The first-order valence-corrected chi connectivity index (χ1v) is 15.2. The molecule has 0 radical (unpaired) electrons. The van der Waals surface area contributed by atoms with Crippen molar-refractivity contribution >= 4 is 17.4 Å². The summed E-state index contributed by atoms with van der Waals surface area (Å²) in [5.41, 5.74) is 4.67. The molecule has 1 aliphatic rings. The lowest BCUT2D eigenvalue weighted by Gasteiger charge is -2.44. The number of hydrogen-bond donors (Lipinski definition) is 1. The normalized spacial score (nSPS) is 17.5. The average Bonchev–Trinajstić information content (AvgIpc) is 3.69. The monoisotopic (exact) mass is 621 g/mol. The number of likely N-dealkylation sites (tertiary alicyclic amines) is 1. The van der Waals surface area contributed by atoms with Crippen molar-refractivity contribution in [3.63, 3.8) is 0 Å². The van der Waals surface area contributed by atoms with Gasteiger partial charge in [0.05, 0.1) is 35.7 Å². The zero-order valence-corrected chi connectivity index (χ0v) is 26.5. The summed E-state index contributed by atoms with van der Waals surface area (Å²) < 4.78 is 16.5. The first kappa shape index (κ1) is 30.7. The van der Waals surface area contributed by atoms with Gasteiger partial charge in [0.2, 0.25) is 0 Å². The van der Waals surface area contributed by atoms with E-state index in [4.69, 9.17) is 4.98 Å². The third-order valence-electron chi connectivity index (χ3n) is 9.11. The van der Waals surface area contributed by atoms with E-state index in [-0.39, 0.29) is 23.4 Å². The summed E-state index contributed by atoms with van der Waals surface area (Å²) in [5, 5.41) is 28.2. The zero-order valence-electron chi connectivity index (χ0n) is 26.5. The van der Waals surface area contributed by atoms with Crippen LogP contribution in [0.3, 0.4) is 0 Å². The Hall–Kier alpha value is -5.31. The molecule has 12 heteroatoms. The number of hydrogen-bond acceptors (Lipinski definition) is 7. The molecule has 1 saturated heterocycles.